The summed E-state index contributed by atoms with van der Waals surface area (Å²) in [5, 5.41) is 0. The Hall–Kier alpha value is -1.32. The summed E-state index contributed by atoms with van der Waals surface area (Å²) in [5.41, 5.74) is -1.06. The lowest BCUT2D eigenvalue weighted by Crippen LogP contribution is -2.18. The first-order valence-electron chi connectivity index (χ1n) is 11.3. The molecule has 1 saturated heterocycles. The molecule has 0 amide bonds. The lowest BCUT2D eigenvalue weighted by atomic mass is 9.89. The summed E-state index contributed by atoms with van der Waals surface area (Å²) in [7, 11) is 0. The molecule has 4 nitrogen and oxygen atoms in total. The standard InChI is InChI=1S/C12H18N2O2/c1-4-11-9(7-16-12(11)15)5-10-6-13-8(2)14(10)3/h6,9,11H,4-5,7H2,1-3H3/t9-,11-/m0/s1/i1D3,3D3,4D2,5D2,6D,7D2,11D. The van der Waals surface area contributed by atoms with Crippen molar-refractivity contribution < 1.29 is 28.7 Å². The molecule has 0 bridgehead atoms. The monoisotopic (exact) mass is 236 g/mol. The number of carbonyl (C=O) groups is 1. The summed E-state index contributed by atoms with van der Waals surface area (Å²) < 4.78 is 114. The molecule has 0 unspecified atom stereocenters. The highest BCUT2D eigenvalue weighted by Crippen LogP contribution is 2.28. The number of carbonyl (C=O) groups excluding carboxylic acids is 1. The van der Waals surface area contributed by atoms with Crippen LogP contribution in [0.15, 0.2) is 6.17 Å². The molecular formula is C12H18N2O2. The van der Waals surface area contributed by atoms with Crippen molar-refractivity contribution in [1.82, 2.24) is 9.55 Å². The molecule has 0 aliphatic carbocycles. The van der Waals surface area contributed by atoms with Gasteiger partial charge in [0.2, 0.25) is 0 Å². The molecule has 1 aromatic rings. The topological polar surface area (TPSA) is 44.1 Å². The van der Waals surface area contributed by atoms with E-state index >= 15 is 0 Å². The number of aromatic nitrogens is 2. The van der Waals surface area contributed by atoms with Gasteiger partial charge in [0.25, 0.3) is 0 Å². The first-order valence-corrected chi connectivity index (χ1v) is 4.35. The van der Waals surface area contributed by atoms with Gasteiger partial charge < -0.3 is 9.30 Å². The van der Waals surface area contributed by atoms with E-state index < -0.39 is 62.8 Å². The molecule has 1 aliphatic heterocycles. The smallest absolute Gasteiger partial charge is 0.309 e. The van der Waals surface area contributed by atoms with Gasteiger partial charge in [0.1, 0.15) is 5.82 Å². The van der Waals surface area contributed by atoms with Gasteiger partial charge in [-0.3, -0.25) is 4.79 Å². The number of hydrogen-bond acceptors (Lipinski definition) is 3. The molecule has 2 atom stereocenters. The fourth-order valence-corrected chi connectivity index (χ4v) is 1.20. The van der Waals surface area contributed by atoms with E-state index in [0.717, 1.165) is 6.92 Å². The Bertz CT molecular complexity index is 869. The number of rotatable bonds is 3. The molecule has 1 aromatic heterocycles. The third-order valence-corrected chi connectivity index (χ3v) is 2.06. The first kappa shape index (κ1) is 3.12. The quantitative estimate of drug-likeness (QED) is 0.747. The van der Waals surface area contributed by atoms with Crippen LogP contribution >= 0.6 is 0 Å². The van der Waals surface area contributed by atoms with Crippen molar-refractivity contribution in [2.45, 2.75) is 26.5 Å². The lowest BCUT2D eigenvalue weighted by molar-refractivity contribution is -0.141. The molecule has 0 radical (unpaired) electrons. The molecule has 0 spiro atoms. The predicted molar refractivity (Wildman–Crippen MR) is 59.9 cm³/mol. The molecule has 0 N–H and O–H groups in total. The zero-order valence-electron chi connectivity index (χ0n) is 22.3. The van der Waals surface area contributed by atoms with E-state index in [1.807, 2.05) is 0 Å². The highest BCUT2D eigenvalue weighted by Gasteiger charge is 2.35. The summed E-state index contributed by atoms with van der Waals surface area (Å²) in [5.74, 6) is -8.79. The highest BCUT2D eigenvalue weighted by molar-refractivity contribution is 5.74. The van der Waals surface area contributed by atoms with Gasteiger partial charge in [-0.1, -0.05) is 6.85 Å². The molecule has 0 aromatic carbocycles. The van der Waals surface area contributed by atoms with Crippen LogP contribution in [0, 0.1) is 18.7 Å². The van der Waals surface area contributed by atoms with E-state index in [2.05, 4.69) is 9.72 Å². The third kappa shape index (κ3) is 1.84. The van der Waals surface area contributed by atoms with Gasteiger partial charge >= 0.3 is 5.97 Å². The van der Waals surface area contributed by atoms with E-state index in [-0.39, 0.29) is 5.82 Å². The number of nitrogens with zero attached hydrogens (tertiary/aromatic N) is 2. The van der Waals surface area contributed by atoms with Crippen LogP contribution in [-0.4, -0.2) is 22.1 Å². The number of hydrogen-bond donors (Lipinski definition) is 0. The Kier molecular flexibility index (Phi) is 0.833. The maximum absolute atomic E-state index is 12.4. The maximum atomic E-state index is 12.4. The van der Waals surface area contributed by atoms with E-state index in [0.29, 0.717) is 4.57 Å². The Morgan fingerprint density at radius 3 is 3.62 bits per heavy atom. The zero-order chi connectivity index (χ0) is 23.9. The fraction of sp³-hybridized carbons (Fsp3) is 0.667. The molecule has 16 heavy (non-hydrogen) atoms. The Morgan fingerprint density at radius 1 is 2.00 bits per heavy atom. The second-order valence-electron chi connectivity index (χ2n) is 3.08. The number of cyclic esters (lactones) is 1. The molecular weight excluding hydrogens is 204 g/mol. The SMILES string of the molecule is [2H]c1nc(C)n(C([2H])([2H])[2H])c1C([2H])([2H])[C@H]1C([2H])([2H])OC(=O)[C@@]1([2H])C([2H])([2H])C([2H])([2H])[2H]. The zero-order valence-corrected chi connectivity index (χ0v) is 8.29. The maximum Gasteiger partial charge on any atom is 0.309 e. The minimum Gasteiger partial charge on any atom is -0.465 e. The summed E-state index contributed by atoms with van der Waals surface area (Å²) >= 11 is 0. The van der Waals surface area contributed by atoms with Gasteiger partial charge in [-0.25, -0.2) is 4.98 Å². The molecule has 0 saturated carbocycles. The van der Waals surface area contributed by atoms with E-state index in [9.17, 15) is 4.79 Å². The van der Waals surface area contributed by atoms with Gasteiger partial charge in [0, 0.05) is 39.8 Å². The van der Waals surface area contributed by atoms with Crippen LogP contribution in [0.25, 0.3) is 0 Å². The van der Waals surface area contributed by atoms with Crippen LogP contribution in [0.1, 0.15) is 43.9 Å². The van der Waals surface area contributed by atoms with Crippen molar-refractivity contribution in [3.8, 4) is 0 Å². The van der Waals surface area contributed by atoms with E-state index in [1.165, 1.54) is 0 Å². The second kappa shape index (κ2) is 4.28. The van der Waals surface area contributed by atoms with Crippen molar-refractivity contribution in [3.05, 3.63) is 17.7 Å². The van der Waals surface area contributed by atoms with Crippen molar-refractivity contribution in [2.75, 3.05) is 6.56 Å². The molecule has 2 heterocycles. The number of ether oxygens (including phenoxy) is 1. The average molecular weight is 236 g/mol. The van der Waals surface area contributed by atoms with Crippen LogP contribution in [0.2, 0.25) is 0 Å². The fourth-order valence-electron chi connectivity index (χ4n) is 1.20. The van der Waals surface area contributed by atoms with Gasteiger partial charge in [-0.15, -0.1) is 0 Å². The Labute approximate surface area is 115 Å². The molecule has 4 heteroatoms. The average Bonchev–Trinajstić information content (AvgIpc) is 2.88. The highest BCUT2D eigenvalue weighted by atomic mass is 16.5. The molecule has 2 rings (SSSR count). The minimum absolute atomic E-state index is 0.291. The minimum atomic E-state index is -3.80. The first-order chi connectivity index (χ1) is 13.0. The predicted octanol–water partition coefficient (Wildman–Crippen LogP) is 1.47. The van der Waals surface area contributed by atoms with Gasteiger partial charge in [-0.05, 0) is 19.7 Å². The van der Waals surface area contributed by atoms with Crippen LogP contribution in [0.4, 0.5) is 0 Å². The normalized spacial score (nSPS) is 48.8. The van der Waals surface area contributed by atoms with Crippen molar-refractivity contribution >= 4 is 5.97 Å². The van der Waals surface area contributed by atoms with Crippen LogP contribution in [-0.2, 0) is 22.9 Å². The Balaban J connectivity index is 2.90. The number of esters is 1. The molecule has 1 aliphatic rings. The van der Waals surface area contributed by atoms with Gasteiger partial charge in [0.05, 0.1) is 16.6 Å². The van der Waals surface area contributed by atoms with E-state index in [1.54, 1.807) is 0 Å². The van der Waals surface area contributed by atoms with Gasteiger partial charge in [0.15, 0.2) is 0 Å². The summed E-state index contributed by atoms with van der Waals surface area (Å²) in [6, 6.07) is 0. The summed E-state index contributed by atoms with van der Waals surface area (Å²) in [4.78, 5) is 15.9. The number of aryl methyl sites for hydroxylation is 1. The van der Waals surface area contributed by atoms with Crippen LogP contribution in [0.5, 0.6) is 0 Å². The van der Waals surface area contributed by atoms with E-state index in [4.69, 9.17) is 19.2 Å². The van der Waals surface area contributed by atoms with Crippen molar-refractivity contribution in [1.29, 1.82) is 0 Å². The lowest BCUT2D eigenvalue weighted by Gasteiger charge is -2.13. The third-order valence-electron chi connectivity index (χ3n) is 2.06. The van der Waals surface area contributed by atoms with Crippen LogP contribution < -0.4 is 0 Å². The number of imidazole rings is 1. The van der Waals surface area contributed by atoms with Gasteiger partial charge in [-0.2, -0.15) is 0 Å². The van der Waals surface area contributed by atoms with Crippen molar-refractivity contribution in [2.24, 2.45) is 18.8 Å². The Morgan fingerprint density at radius 2 is 2.88 bits per heavy atom. The molecule has 1 fully saturated rings. The summed E-state index contributed by atoms with van der Waals surface area (Å²) in [6.45, 7) is -9.06. The second-order valence-corrected chi connectivity index (χ2v) is 3.08. The van der Waals surface area contributed by atoms with Crippen molar-refractivity contribution in [3.63, 3.8) is 0 Å². The molecule has 88 valence electrons. The largest absolute Gasteiger partial charge is 0.465 e. The summed E-state index contributed by atoms with van der Waals surface area (Å²) in [6.07, 6.45) is -8.20. The van der Waals surface area contributed by atoms with Crippen LogP contribution in [0.3, 0.4) is 0 Å².